The van der Waals surface area contributed by atoms with E-state index in [0.29, 0.717) is 18.3 Å². The van der Waals surface area contributed by atoms with Crippen LogP contribution in [0.15, 0.2) is 16.9 Å². The van der Waals surface area contributed by atoms with Crippen LogP contribution in [0.25, 0.3) is 10.9 Å². The number of aromatic amines is 1. The first-order valence-electron chi connectivity index (χ1n) is 8.18. The van der Waals surface area contributed by atoms with Crippen molar-refractivity contribution in [2.24, 2.45) is 5.92 Å². The van der Waals surface area contributed by atoms with Crippen LogP contribution >= 0.6 is 0 Å². The average Bonchev–Trinajstić information content (AvgIpc) is 2.86. The topological polar surface area (TPSA) is 66.1 Å². The van der Waals surface area contributed by atoms with Crippen LogP contribution in [0.5, 0.6) is 0 Å². The molecule has 0 spiro atoms. The molecule has 0 unspecified atom stereocenters. The van der Waals surface area contributed by atoms with Crippen molar-refractivity contribution in [1.82, 2.24) is 14.9 Å². The van der Waals surface area contributed by atoms with Gasteiger partial charge in [-0.1, -0.05) is 6.42 Å². The van der Waals surface area contributed by atoms with E-state index in [1.807, 2.05) is 4.90 Å². The van der Waals surface area contributed by atoms with Gasteiger partial charge >= 0.3 is 0 Å². The van der Waals surface area contributed by atoms with Crippen LogP contribution in [0.1, 0.15) is 37.4 Å². The molecule has 1 N–H and O–H groups in total. The molecule has 2 fully saturated rings. The molecule has 126 valence electrons. The lowest BCUT2D eigenvalue weighted by Crippen LogP contribution is -2.33. The molecule has 1 saturated carbocycles. The van der Waals surface area contributed by atoms with Crippen molar-refractivity contribution in [2.45, 2.75) is 31.6 Å². The number of H-pyrrole nitrogens is 1. The molecule has 7 heteroatoms. The lowest BCUT2D eigenvalue weighted by atomic mass is 9.85. The van der Waals surface area contributed by atoms with Gasteiger partial charge < -0.3 is 9.88 Å². The second-order valence-electron chi connectivity index (χ2n) is 6.73. The van der Waals surface area contributed by atoms with Crippen LogP contribution in [-0.2, 0) is 4.79 Å². The monoisotopic (exact) mass is 333 g/mol. The summed E-state index contributed by atoms with van der Waals surface area (Å²) in [6.45, 7) is 1.26. The fraction of sp³-hybridized carbons (Fsp3) is 0.471. The van der Waals surface area contributed by atoms with Gasteiger partial charge in [-0.3, -0.25) is 9.59 Å². The molecule has 2 heterocycles. The van der Waals surface area contributed by atoms with E-state index >= 15 is 0 Å². The van der Waals surface area contributed by atoms with E-state index in [1.165, 1.54) is 6.42 Å². The molecule has 1 amide bonds. The van der Waals surface area contributed by atoms with Crippen LogP contribution in [0.2, 0.25) is 0 Å². The summed E-state index contributed by atoms with van der Waals surface area (Å²) in [5.41, 5.74) is -0.406. The summed E-state index contributed by atoms with van der Waals surface area (Å²) < 4.78 is 26.7. The van der Waals surface area contributed by atoms with Crippen LogP contribution < -0.4 is 5.56 Å². The van der Waals surface area contributed by atoms with Gasteiger partial charge in [0.15, 0.2) is 11.6 Å². The molecule has 1 aromatic carbocycles. The van der Waals surface area contributed by atoms with Crippen LogP contribution in [-0.4, -0.2) is 33.9 Å². The molecule has 1 atom stereocenters. The zero-order chi connectivity index (χ0) is 16.8. The second kappa shape index (κ2) is 5.65. The van der Waals surface area contributed by atoms with Crippen LogP contribution in [0.3, 0.4) is 0 Å². The summed E-state index contributed by atoms with van der Waals surface area (Å²) in [7, 11) is 0. The first-order chi connectivity index (χ1) is 11.5. The standard InChI is InChI=1S/C17H17F2N3O2/c18-12-5-11-14(6-13(12)19)20-16(21-17(11)24)10-4-15(23)22(8-10)7-9-2-1-3-9/h5-6,9-10H,1-4,7-8H2,(H,20,21,24)/t10-/m0/s1. The Morgan fingerprint density at radius 1 is 1.21 bits per heavy atom. The zero-order valence-electron chi connectivity index (χ0n) is 13.0. The number of hydrogen-bond donors (Lipinski definition) is 1. The molecule has 0 bridgehead atoms. The number of carbonyl (C=O) groups excluding carboxylic acids is 1. The highest BCUT2D eigenvalue weighted by atomic mass is 19.2. The fourth-order valence-corrected chi connectivity index (χ4v) is 3.46. The predicted molar refractivity (Wildman–Crippen MR) is 83.6 cm³/mol. The van der Waals surface area contributed by atoms with E-state index in [9.17, 15) is 18.4 Å². The third-order valence-corrected chi connectivity index (χ3v) is 5.07. The molecule has 2 aliphatic rings. The minimum atomic E-state index is -1.08. The molecule has 1 aliphatic heterocycles. The SMILES string of the molecule is O=C1C[C@H](c2nc3cc(F)c(F)cc3c(=O)[nH]2)CN1CC1CCC1. The van der Waals surface area contributed by atoms with Crippen LogP contribution in [0.4, 0.5) is 8.78 Å². The number of hydrogen-bond acceptors (Lipinski definition) is 3. The minimum absolute atomic E-state index is 0.00768. The van der Waals surface area contributed by atoms with Gasteiger partial charge in [-0.25, -0.2) is 13.8 Å². The number of fused-ring (bicyclic) bond motifs is 1. The van der Waals surface area contributed by atoms with E-state index in [4.69, 9.17) is 0 Å². The van der Waals surface area contributed by atoms with Crippen molar-refractivity contribution < 1.29 is 13.6 Å². The Morgan fingerprint density at radius 3 is 2.67 bits per heavy atom. The number of amides is 1. The maximum Gasteiger partial charge on any atom is 0.258 e. The van der Waals surface area contributed by atoms with Gasteiger partial charge in [0.25, 0.3) is 5.56 Å². The normalized spacial score (nSPS) is 21.5. The Hall–Kier alpha value is -2.31. The van der Waals surface area contributed by atoms with E-state index in [0.717, 1.165) is 31.5 Å². The quantitative estimate of drug-likeness (QED) is 0.937. The third-order valence-electron chi connectivity index (χ3n) is 5.07. The summed E-state index contributed by atoms with van der Waals surface area (Å²) in [6.07, 6.45) is 3.82. The molecule has 4 rings (SSSR count). The molecular formula is C17H17F2N3O2. The molecule has 5 nitrogen and oxygen atoms in total. The van der Waals surface area contributed by atoms with Gasteiger partial charge in [0.1, 0.15) is 5.82 Å². The maximum absolute atomic E-state index is 13.4. The number of halogens is 2. The van der Waals surface area contributed by atoms with Crippen molar-refractivity contribution in [1.29, 1.82) is 0 Å². The first-order valence-corrected chi connectivity index (χ1v) is 8.18. The van der Waals surface area contributed by atoms with Crippen molar-refractivity contribution in [2.75, 3.05) is 13.1 Å². The lowest BCUT2D eigenvalue weighted by Gasteiger charge is -2.30. The van der Waals surface area contributed by atoms with E-state index in [1.54, 1.807) is 0 Å². The zero-order valence-corrected chi connectivity index (χ0v) is 13.0. The Labute approximate surface area is 136 Å². The first kappa shape index (κ1) is 15.2. The lowest BCUT2D eigenvalue weighted by molar-refractivity contribution is -0.128. The largest absolute Gasteiger partial charge is 0.342 e. The van der Waals surface area contributed by atoms with E-state index in [2.05, 4.69) is 9.97 Å². The number of rotatable bonds is 3. The smallest absolute Gasteiger partial charge is 0.258 e. The summed E-state index contributed by atoms with van der Waals surface area (Å²) in [5.74, 6) is -1.34. The van der Waals surface area contributed by atoms with E-state index in [-0.39, 0.29) is 29.1 Å². The fourth-order valence-electron chi connectivity index (χ4n) is 3.46. The maximum atomic E-state index is 13.4. The van der Waals surface area contributed by atoms with E-state index < -0.39 is 17.2 Å². The summed E-state index contributed by atoms with van der Waals surface area (Å²) in [4.78, 5) is 33.0. The molecule has 0 radical (unpaired) electrons. The van der Waals surface area contributed by atoms with Crippen molar-refractivity contribution >= 4 is 16.8 Å². The second-order valence-corrected chi connectivity index (χ2v) is 6.73. The molecule has 1 saturated heterocycles. The summed E-state index contributed by atoms with van der Waals surface area (Å²) in [5, 5.41) is 0.00768. The Bertz CT molecular complexity index is 876. The van der Waals surface area contributed by atoms with Gasteiger partial charge in [0, 0.05) is 31.5 Å². The van der Waals surface area contributed by atoms with Gasteiger partial charge in [-0.15, -0.1) is 0 Å². The van der Waals surface area contributed by atoms with Gasteiger partial charge in [-0.05, 0) is 24.8 Å². The molecule has 1 aromatic heterocycles. The molecule has 2 aromatic rings. The minimum Gasteiger partial charge on any atom is -0.342 e. The van der Waals surface area contributed by atoms with Gasteiger partial charge in [-0.2, -0.15) is 0 Å². The molecule has 24 heavy (non-hydrogen) atoms. The van der Waals surface area contributed by atoms with Crippen molar-refractivity contribution in [3.8, 4) is 0 Å². The number of carbonyl (C=O) groups is 1. The number of nitrogens with one attached hydrogen (secondary N) is 1. The summed E-state index contributed by atoms with van der Waals surface area (Å²) in [6, 6.07) is 1.77. The third kappa shape index (κ3) is 2.57. The summed E-state index contributed by atoms with van der Waals surface area (Å²) >= 11 is 0. The Kier molecular flexibility index (Phi) is 3.58. The number of benzene rings is 1. The van der Waals surface area contributed by atoms with Crippen LogP contribution in [0, 0.1) is 17.6 Å². The van der Waals surface area contributed by atoms with Gasteiger partial charge in [0.2, 0.25) is 5.91 Å². The van der Waals surface area contributed by atoms with Crippen molar-refractivity contribution in [3.05, 3.63) is 39.9 Å². The van der Waals surface area contributed by atoms with Gasteiger partial charge in [0.05, 0.1) is 10.9 Å². The Balaban J connectivity index is 1.63. The number of likely N-dealkylation sites (tertiary alicyclic amines) is 1. The molecule has 1 aliphatic carbocycles. The molecular weight excluding hydrogens is 316 g/mol. The highest BCUT2D eigenvalue weighted by Gasteiger charge is 2.34. The Morgan fingerprint density at radius 2 is 1.96 bits per heavy atom. The van der Waals surface area contributed by atoms with Crippen molar-refractivity contribution in [3.63, 3.8) is 0 Å². The highest BCUT2D eigenvalue weighted by Crippen LogP contribution is 2.32. The highest BCUT2D eigenvalue weighted by molar-refractivity contribution is 5.80. The predicted octanol–water partition coefficient (Wildman–Crippen LogP) is 2.32. The number of nitrogens with zero attached hydrogens (tertiary/aromatic N) is 2. The number of aromatic nitrogens is 2. The average molecular weight is 333 g/mol.